The lowest BCUT2D eigenvalue weighted by Gasteiger charge is -2.05. The molecule has 3 heterocycles. The van der Waals surface area contributed by atoms with Gasteiger partial charge < -0.3 is 5.73 Å². The summed E-state index contributed by atoms with van der Waals surface area (Å²) in [5.41, 5.74) is 9.96. The highest BCUT2D eigenvalue weighted by Gasteiger charge is 2.21. The lowest BCUT2D eigenvalue weighted by molar-refractivity contribution is 0.100. The summed E-state index contributed by atoms with van der Waals surface area (Å²) in [4.78, 5) is 26.4. The van der Waals surface area contributed by atoms with Crippen LogP contribution < -0.4 is 5.73 Å². The summed E-state index contributed by atoms with van der Waals surface area (Å²) in [5, 5.41) is 0. The predicted molar refractivity (Wildman–Crippen MR) is 115 cm³/mol. The van der Waals surface area contributed by atoms with Crippen molar-refractivity contribution in [3.05, 3.63) is 90.4 Å². The van der Waals surface area contributed by atoms with Gasteiger partial charge in [0.15, 0.2) is 10.8 Å². The number of nitrogens with zero attached hydrogens (tertiary/aromatic N) is 4. The van der Waals surface area contributed by atoms with Crippen molar-refractivity contribution in [1.29, 1.82) is 0 Å². The number of thiazole rings is 1. The van der Waals surface area contributed by atoms with Crippen molar-refractivity contribution in [1.82, 2.24) is 14.4 Å². The third-order valence-electron chi connectivity index (χ3n) is 4.57. The molecule has 29 heavy (non-hydrogen) atoms. The van der Waals surface area contributed by atoms with Crippen molar-refractivity contribution in [2.75, 3.05) is 0 Å². The van der Waals surface area contributed by atoms with E-state index in [1.54, 1.807) is 29.7 Å². The van der Waals surface area contributed by atoms with Crippen LogP contribution in [-0.4, -0.2) is 26.1 Å². The molecular weight excluding hydrogens is 382 g/mol. The highest BCUT2D eigenvalue weighted by Crippen LogP contribution is 2.32. The summed E-state index contributed by atoms with van der Waals surface area (Å²) in [6.07, 6.45) is 3.08. The molecule has 0 bridgehead atoms. The zero-order chi connectivity index (χ0) is 19.8. The molecule has 0 spiro atoms. The molecule has 7 heteroatoms. The minimum atomic E-state index is -0.441. The number of amides is 1. The Morgan fingerprint density at radius 2 is 1.79 bits per heavy atom. The first-order valence-electron chi connectivity index (χ1n) is 8.96. The lowest BCUT2D eigenvalue weighted by Crippen LogP contribution is -2.19. The van der Waals surface area contributed by atoms with Crippen molar-refractivity contribution in [3.8, 4) is 11.3 Å². The number of hydrogen-bond donors (Lipinski definition) is 1. The number of pyridine rings is 1. The molecule has 0 fully saturated rings. The van der Waals surface area contributed by atoms with Crippen LogP contribution in [0.4, 0.5) is 0 Å². The number of carbonyl (C=O) groups excluding carboxylic acids is 1. The van der Waals surface area contributed by atoms with Gasteiger partial charge in [-0.05, 0) is 24.3 Å². The highest BCUT2D eigenvalue weighted by molar-refractivity contribution is 7.23. The molecule has 0 saturated carbocycles. The molecule has 0 aliphatic heterocycles. The highest BCUT2D eigenvalue weighted by atomic mass is 32.1. The summed E-state index contributed by atoms with van der Waals surface area (Å²) >= 11 is 1.57. The number of rotatable bonds is 3. The van der Waals surface area contributed by atoms with Crippen molar-refractivity contribution in [3.63, 3.8) is 0 Å². The van der Waals surface area contributed by atoms with Crippen LogP contribution in [0.5, 0.6) is 0 Å². The van der Waals surface area contributed by atoms with Gasteiger partial charge in [0, 0.05) is 18.0 Å². The third-order valence-corrected chi connectivity index (χ3v) is 5.60. The van der Waals surface area contributed by atoms with Gasteiger partial charge in [0.2, 0.25) is 0 Å². The third kappa shape index (κ3) is 2.97. The van der Waals surface area contributed by atoms with Gasteiger partial charge in [-0.3, -0.25) is 14.2 Å². The van der Waals surface area contributed by atoms with Crippen LogP contribution in [0.3, 0.4) is 0 Å². The van der Waals surface area contributed by atoms with E-state index in [4.69, 9.17) is 10.7 Å². The average molecular weight is 397 g/mol. The molecule has 6 nitrogen and oxygen atoms in total. The maximum atomic E-state index is 12.6. The van der Waals surface area contributed by atoms with Gasteiger partial charge in [0.05, 0.1) is 15.8 Å². The van der Waals surface area contributed by atoms with Crippen molar-refractivity contribution in [2.24, 2.45) is 10.7 Å². The van der Waals surface area contributed by atoms with Crippen molar-refractivity contribution < 1.29 is 4.79 Å². The fourth-order valence-corrected chi connectivity index (χ4v) is 4.29. The number of carbonyl (C=O) groups is 1. The van der Waals surface area contributed by atoms with E-state index < -0.39 is 5.91 Å². The Balaban J connectivity index is 1.76. The molecule has 3 aromatic heterocycles. The number of aromatic nitrogens is 3. The van der Waals surface area contributed by atoms with Gasteiger partial charge >= 0.3 is 0 Å². The Morgan fingerprint density at radius 1 is 1.00 bits per heavy atom. The summed E-state index contributed by atoms with van der Waals surface area (Å²) in [6, 6.07) is 21.1. The molecule has 0 unspecified atom stereocenters. The van der Waals surface area contributed by atoms with Crippen LogP contribution in [0.15, 0.2) is 84.1 Å². The van der Waals surface area contributed by atoms with E-state index in [2.05, 4.69) is 9.98 Å². The van der Waals surface area contributed by atoms with Gasteiger partial charge in [-0.1, -0.05) is 53.8 Å². The van der Waals surface area contributed by atoms with Crippen molar-refractivity contribution in [2.45, 2.75) is 0 Å². The summed E-state index contributed by atoms with van der Waals surface area (Å²) in [6.45, 7) is 0. The molecule has 0 atom stereocenters. The fourth-order valence-electron chi connectivity index (χ4n) is 3.27. The normalized spacial score (nSPS) is 11.9. The minimum absolute atomic E-state index is 0.119. The molecule has 0 aliphatic carbocycles. The van der Waals surface area contributed by atoms with E-state index in [0.717, 1.165) is 20.7 Å². The standard InChI is InChI=1S/C22H15N5OS/c23-20(26-21(28)15-9-6-12-24-13-15)19-18(14-7-2-1-3-8-14)25-22-27(19)16-10-4-5-11-17(16)29-22/h1-13H,(H2,23,26,28). The van der Waals surface area contributed by atoms with E-state index in [1.165, 1.54) is 6.20 Å². The molecule has 140 valence electrons. The average Bonchev–Trinajstić information content (AvgIpc) is 3.31. The number of amidine groups is 1. The zero-order valence-corrected chi connectivity index (χ0v) is 16.0. The second-order valence-electron chi connectivity index (χ2n) is 6.41. The van der Waals surface area contributed by atoms with Gasteiger partial charge in [0.25, 0.3) is 5.91 Å². The monoisotopic (exact) mass is 397 g/mol. The van der Waals surface area contributed by atoms with Gasteiger partial charge in [0.1, 0.15) is 11.4 Å². The Hall–Kier alpha value is -3.84. The fraction of sp³-hybridized carbons (Fsp3) is 0. The maximum Gasteiger partial charge on any atom is 0.280 e. The minimum Gasteiger partial charge on any atom is -0.382 e. The Bertz CT molecular complexity index is 1370. The number of nitrogens with two attached hydrogens (primary N) is 1. The van der Waals surface area contributed by atoms with Crippen LogP contribution >= 0.6 is 11.3 Å². The first kappa shape index (κ1) is 17.3. The smallest absolute Gasteiger partial charge is 0.280 e. The van der Waals surface area contributed by atoms with E-state index in [1.807, 2.05) is 59.0 Å². The Morgan fingerprint density at radius 3 is 2.59 bits per heavy atom. The van der Waals surface area contributed by atoms with Crippen LogP contribution in [0, 0.1) is 0 Å². The second-order valence-corrected chi connectivity index (χ2v) is 7.42. The molecule has 5 aromatic rings. The first-order chi connectivity index (χ1) is 14.2. The number of benzene rings is 2. The van der Waals surface area contributed by atoms with Crippen LogP contribution in [0.1, 0.15) is 16.1 Å². The number of hydrogen-bond acceptors (Lipinski definition) is 4. The van der Waals surface area contributed by atoms with E-state index in [0.29, 0.717) is 17.0 Å². The number of para-hydroxylation sites is 1. The molecule has 2 N–H and O–H groups in total. The number of fused-ring (bicyclic) bond motifs is 3. The Kier molecular flexibility index (Phi) is 4.14. The van der Waals surface area contributed by atoms with Crippen LogP contribution in [0.2, 0.25) is 0 Å². The van der Waals surface area contributed by atoms with Gasteiger partial charge in [-0.25, -0.2) is 4.98 Å². The molecule has 0 saturated heterocycles. The molecule has 2 aromatic carbocycles. The lowest BCUT2D eigenvalue weighted by atomic mass is 10.1. The van der Waals surface area contributed by atoms with Crippen molar-refractivity contribution >= 4 is 38.3 Å². The van der Waals surface area contributed by atoms with E-state index in [9.17, 15) is 4.79 Å². The quantitative estimate of drug-likeness (QED) is 0.366. The SMILES string of the molecule is NC(=NC(=O)c1cccnc1)c1c(-c2ccccc2)nc2sc3ccccc3n12. The van der Waals surface area contributed by atoms with Crippen LogP contribution in [0.25, 0.3) is 26.4 Å². The topological polar surface area (TPSA) is 85.6 Å². The number of imidazole rings is 1. The van der Waals surface area contributed by atoms with E-state index >= 15 is 0 Å². The summed E-state index contributed by atoms with van der Waals surface area (Å²) < 4.78 is 3.06. The molecular formula is C22H15N5OS. The maximum absolute atomic E-state index is 12.6. The Labute approximate surface area is 170 Å². The molecule has 5 rings (SSSR count). The molecule has 0 radical (unpaired) electrons. The first-order valence-corrected chi connectivity index (χ1v) is 9.78. The predicted octanol–water partition coefficient (Wildman–Crippen LogP) is 4.16. The molecule has 1 amide bonds. The summed E-state index contributed by atoms with van der Waals surface area (Å²) in [7, 11) is 0. The van der Waals surface area contributed by atoms with Crippen LogP contribution in [-0.2, 0) is 0 Å². The van der Waals surface area contributed by atoms with E-state index in [-0.39, 0.29) is 5.84 Å². The second kappa shape index (κ2) is 6.96. The largest absolute Gasteiger partial charge is 0.382 e. The molecule has 0 aliphatic rings. The van der Waals surface area contributed by atoms with Gasteiger partial charge in [-0.15, -0.1) is 0 Å². The zero-order valence-electron chi connectivity index (χ0n) is 15.2. The number of aliphatic imine (C=N–C) groups is 1. The van der Waals surface area contributed by atoms with Gasteiger partial charge in [-0.2, -0.15) is 4.99 Å². The summed E-state index contributed by atoms with van der Waals surface area (Å²) in [5.74, 6) is -0.321.